The average Bonchev–Trinajstić information content (AvgIpc) is 2.66. The first kappa shape index (κ1) is 23.5. The molecule has 0 bridgehead atoms. The van der Waals surface area contributed by atoms with Crippen LogP contribution in [-0.2, 0) is 16.1 Å². The number of thioether (sulfide) groups is 1. The largest absolute Gasteiger partial charge is 0.350 e. The van der Waals surface area contributed by atoms with E-state index in [1.165, 1.54) is 0 Å². The van der Waals surface area contributed by atoms with Crippen molar-refractivity contribution >= 4 is 39.5 Å². The molecular weight excluding hydrogens is 448 g/mol. The SMILES string of the molecule is CC(C(=O)NC(C)(C)C)N(Cc1ccc(Br)cc1)C(=O)CCSc1ccccc1. The van der Waals surface area contributed by atoms with Crippen molar-refractivity contribution < 1.29 is 9.59 Å². The number of hydrogen-bond acceptors (Lipinski definition) is 3. The van der Waals surface area contributed by atoms with E-state index in [0.29, 0.717) is 18.7 Å². The van der Waals surface area contributed by atoms with E-state index in [9.17, 15) is 9.59 Å². The third-order valence-electron chi connectivity index (χ3n) is 4.26. The molecule has 0 aliphatic heterocycles. The molecule has 2 amide bonds. The van der Waals surface area contributed by atoms with Crippen molar-refractivity contribution in [3.63, 3.8) is 0 Å². The summed E-state index contributed by atoms with van der Waals surface area (Å²) >= 11 is 5.09. The first-order chi connectivity index (χ1) is 13.7. The summed E-state index contributed by atoms with van der Waals surface area (Å²) in [5.41, 5.74) is 0.647. The highest BCUT2D eigenvalue weighted by molar-refractivity contribution is 9.10. The van der Waals surface area contributed by atoms with Crippen molar-refractivity contribution in [2.45, 2.75) is 57.1 Å². The molecule has 2 rings (SSSR count). The molecule has 1 unspecified atom stereocenters. The van der Waals surface area contributed by atoms with Gasteiger partial charge < -0.3 is 10.2 Å². The highest BCUT2D eigenvalue weighted by Crippen LogP contribution is 2.20. The highest BCUT2D eigenvalue weighted by Gasteiger charge is 2.28. The molecule has 0 saturated heterocycles. The Kier molecular flexibility index (Phi) is 8.78. The van der Waals surface area contributed by atoms with Crippen molar-refractivity contribution in [2.24, 2.45) is 0 Å². The third-order valence-corrected chi connectivity index (χ3v) is 5.80. The van der Waals surface area contributed by atoms with Crippen LogP contribution in [0.4, 0.5) is 0 Å². The number of benzene rings is 2. The van der Waals surface area contributed by atoms with E-state index in [4.69, 9.17) is 0 Å². The number of halogens is 1. The highest BCUT2D eigenvalue weighted by atomic mass is 79.9. The molecule has 2 aromatic rings. The van der Waals surface area contributed by atoms with E-state index in [-0.39, 0.29) is 17.4 Å². The molecule has 0 saturated carbocycles. The molecule has 0 aromatic heterocycles. The van der Waals surface area contributed by atoms with Crippen LogP contribution in [-0.4, -0.2) is 34.0 Å². The molecule has 0 heterocycles. The van der Waals surface area contributed by atoms with Crippen molar-refractivity contribution in [1.82, 2.24) is 10.2 Å². The Bertz CT molecular complexity index is 804. The molecule has 0 spiro atoms. The fraction of sp³-hybridized carbons (Fsp3) is 0.391. The molecule has 0 aliphatic rings. The number of nitrogens with zero attached hydrogens (tertiary/aromatic N) is 1. The lowest BCUT2D eigenvalue weighted by molar-refractivity contribution is -0.140. The molecule has 0 radical (unpaired) electrons. The molecule has 1 N–H and O–H groups in total. The normalized spacial score (nSPS) is 12.3. The lowest BCUT2D eigenvalue weighted by atomic mass is 10.1. The van der Waals surface area contributed by atoms with Crippen molar-refractivity contribution in [2.75, 3.05) is 5.75 Å². The maximum Gasteiger partial charge on any atom is 0.242 e. The molecule has 29 heavy (non-hydrogen) atoms. The van der Waals surface area contributed by atoms with Gasteiger partial charge in [-0.3, -0.25) is 9.59 Å². The predicted octanol–water partition coefficient (Wildman–Crippen LogP) is 5.26. The standard InChI is InChI=1S/C23H29BrN2O2S/c1-17(22(28)25-23(2,3)4)26(16-18-10-12-19(24)13-11-18)21(27)14-15-29-20-8-6-5-7-9-20/h5-13,17H,14-16H2,1-4H3,(H,25,28). The van der Waals surface area contributed by atoms with Gasteiger partial charge in [-0.05, 0) is 57.5 Å². The minimum Gasteiger partial charge on any atom is -0.350 e. The number of rotatable bonds is 8. The van der Waals surface area contributed by atoms with Crippen LogP contribution in [0.3, 0.4) is 0 Å². The van der Waals surface area contributed by atoms with Crippen molar-refractivity contribution in [1.29, 1.82) is 0 Å². The van der Waals surface area contributed by atoms with Crippen molar-refractivity contribution in [3.05, 3.63) is 64.6 Å². The van der Waals surface area contributed by atoms with E-state index >= 15 is 0 Å². The Balaban J connectivity index is 2.08. The van der Waals surface area contributed by atoms with Gasteiger partial charge in [0.25, 0.3) is 0 Å². The number of nitrogens with one attached hydrogen (secondary N) is 1. The zero-order valence-electron chi connectivity index (χ0n) is 17.4. The summed E-state index contributed by atoms with van der Waals surface area (Å²) in [6, 6.07) is 17.3. The molecule has 6 heteroatoms. The van der Waals surface area contributed by atoms with Gasteiger partial charge in [0, 0.05) is 33.6 Å². The molecular formula is C23H29BrN2O2S. The summed E-state index contributed by atoms with van der Waals surface area (Å²) in [5, 5.41) is 2.99. The van der Waals surface area contributed by atoms with Gasteiger partial charge in [0.15, 0.2) is 0 Å². The Morgan fingerprint density at radius 1 is 1.07 bits per heavy atom. The van der Waals surface area contributed by atoms with E-state index in [0.717, 1.165) is 14.9 Å². The predicted molar refractivity (Wildman–Crippen MR) is 124 cm³/mol. The van der Waals surface area contributed by atoms with Crippen LogP contribution in [0.1, 0.15) is 39.7 Å². The second-order valence-corrected chi connectivity index (χ2v) is 10.1. The van der Waals surface area contributed by atoms with Gasteiger partial charge in [0.2, 0.25) is 11.8 Å². The molecule has 1 atom stereocenters. The maximum atomic E-state index is 13.0. The summed E-state index contributed by atoms with van der Waals surface area (Å²) in [7, 11) is 0. The number of carbonyl (C=O) groups excluding carboxylic acids is 2. The van der Waals surface area contributed by atoms with E-state index in [2.05, 4.69) is 21.2 Å². The van der Waals surface area contributed by atoms with Gasteiger partial charge in [-0.15, -0.1) is 11.8 Å². The molecule has 4 nitrogen and oxygen atoms in total. The molecule has 2 aromatic carbocycles. The van der Waals surface area contributed by atoms with Gasteiger partial charge in [-0.25, -0.2) is 0 Å². The molecule has 0 fully saturated rings. The second kappa shape index (κ2) is 10.8. The summed E-state index contributed by atoms with van der Waals surface area (Å²) in [4.78, 5) is 28.6. The topological polar surface area (TPSA) is 49.4 Å². The van der Waals surface area contributed by atoms with Crippen LogP contribution in [0.15, 0.2) is 64.0 Å². The average molecular weight is 477 g/mol. The minimum atomic E-state index is -0.549. The molecule has 0 aliphatic carbocycles. The van der Waals surface area contributed by atoms with Crippen LogP contribution in [0.25, 0.3) is 0 Å². The summed E-state index contributed by atoms with van der Waals surface area (Å²) in [5.74, 6) is 0.513. The Hall–Kier alpha value is -1.79. The lowest BCUT2D eigenvalue weighted by Crippen LogP contribution is -2.52. The van der Waals surface area contributed by atoms with E-state index in [1.807, 2.05) is 75.4 Å². The van der Waals surface area contributed by atoms with Crippen molar-refractivity contribution in [3.8, 4) is 0 Å². The number of carbonyl (C=O) groups is 2. The smallest absolute Gasteiger partial charge is 0.242 e. The zero-order valence-corrected chi connectivity index (χ0v) is 19.8. The quantitative estimate of drug-likeness (QED) is 0.528. The van der Waals surface area contributed by atoms with Crippen LogP contribution >= 0.6 is 27.7 Å². The number of hydrogen-bond donors (Lipinski definition) is 1. The second-order valence-electron chi connectivity index (χ2n) is 7.97. The molecule has 156 valence electrons. The van der Waals surface area contributed by atoms with Gasteiger partial charge in [0.05, 0.1) is 0 Å². The first-order valence-corrected chi connectivity index (χ1v) is 11.5. The summed E-state index contributed by atoms with van der Waals surface area (Å²) in [6.07, 6.45) is 0.378. The van der Waals surface area contributed by atoms with Crippen LogP contribution in [0.5, 0.6) is 0 Å². The third kappa shape index (κ3) is 8.23. The summed E-state index contributed by atoms with van der Waals surface area (Å²) < 4.78 is 0.983. The minimum absolute atomic E-state index is 0.0205. The summed E-state index contributed by atoms with van der Waals surface area (Å²) in [6.45, 7) is 8.02. The Morgan fingerprint density at radius 2 is 1.69 bits per heavy atom. The van der Waals surface area contributed by atoms with Gasteiger partial charge in [-0.2, -0.15) is 0 Å². The van der Waals surface area contributed by atoms with Gasteiger partial charge >= 0.3 is 0 Å². The lowest BCUT2D eigenvalue weighted by Gasteiger charge is -2.31. The van der Waals surface area contributed by atoms with Crippen LogP contribution in [0.2, 0.25) is 0 Å². The van der Waals surface area contributed by atoms with E-state index in [1.54, 1.807) is 23.6 Å². The Morgan fingerprint density at radius 3 is 2.28 bits per heavy atom. The number of amides is 2. The first-order valence-electron chi connectivity index (χ1n) is 9.69. The maximum absolute atomic E-state index is 13.0. The monoisotopic (exact) mass is 476 g/mol. The van der Waals surface area contributed by atoms with Crippen LogP contribution in [0, 0.1) is 0 Å². The van der Waals surface area contributed by atoms with E-state index < -0.39 is 6.04 Å². The fourth-order valence-corrected chi connectivity index (χ4v) is 3.89. The van der Waals surface area contributed by atoms with Crippen LogP contribution < -0.4 is 5.32 Å². The van der Waals surface area contributed by atoms with Gasteiger partial charge in [-0.1, -0.05) is 46.3 Å². The Labute approximate surface area is 186 Å². The fourth-order valence-electron chi connectivity index (χ4n) is 2.76. The van der Waals surface area contributed by atoms with Gasteiger partial charge in [0.1, 0.15) is 6.04 Å². The zero-order chi connectivity index (χ0) is 21.4.